The number of hydrogen-bond acceptors (Lipinski definition) is 4. The van der Waals surface area contributed by atoms with Gasteiger partial charge >= 0.3 is 6.18 Å². The van der Waals surface area contributed by atoms with E-state index in [4.69, 9.17) is 11.6 Å². The fourth-order valence-corrected chi connectivity index (χ4v) is 5.27. The Morgan fingerprint density at radius 3 is 2.37 bits per heavy atom. The first-order valence-electron chi connectivity index (χ1n) is 8.58. The second-order valence-corrected chi connectivity index (χ2v) is 8.73. The Morgan fingerprint density at radius 1 is 1.15 bits per heavy atom. The van der Waals surface area contributed by atoms with E-state index in [1.807, 2.05) is 0 Å². The van der Waals surface area contributed by atoms with Crippen molar-refractivity contribution >= 4 is 34.5 Å². The molecule has 0 N–H and O–H groups in total. The minimum absolute atomic E-state index is 0.0196. The highest BCUT2D eigenvalue weighted by molar-refractivity contribution is 7.15. The van der Waals surface area contributed by atoms with Crippen molar-refractivity contribution in [1.29, 1.82) is 0 Å². The van der Waals surface area contributed by atoms with E-state index in [9.17, 15) is 22.8 Å². The molecule has 27 heavy (non-hydrogen) atoms. The molecule has 3 nitrogen and oxygen atoms in total. The molecular weight excluding hydrogens is 399 g/mol. The molecule has 1 unspecified atom stereocenters. The molecule has 1 aromatic heterocycles. The summed E-state index contributed by atoms with van der Waals surface area (Å²) in [7, 11) is 0. The molecule has 0 saturated heterocycles. The van der Waals surface area contributed by atoms with Crippen molar-refractivity contribution in [2.24, 2.45) is 11.8 Å². The highest BCUT2D eigenvalue weighted by atomic mass is 35.5. The van der Waals surface area contributed by atoms with Gasteiger partial charge in [0.25, 0.3) is 0 Å². The van der Waals surface area contributed by atoms with Crippen LogP contribution >= 0.6 is 22.9 Å². The van der Waals surface area contributed by atoms with E-state index < -0.39 is 17.7 Å². The van der Waals surface area contributed by atoms with Crippen LogP contribution in [0.4, 0.5) is 13.2 Å². The van der Waals surface area contributed by atoms with Crippen LogP contribution in [0.2, 0.25) is 5.02 Å². The number of aryl methyl sites for hydroxylation is 1. The Balaban J connectivity index is 1.80. The van der Waals surface area contributed by atoms with Gasteiger partial charge in [0.15, 0.2) is 11.6 Å². The van der Waals surface area contributed by atoms with Gasteiger partial charge in [-0.3, -0.25) is 9.59 Å². The molecule has 2 aliphatic carbocycles. The average Bonchev–Trinajstić information content (AvgIpc) is 3.19. The van der Waals surface area contributed by atoms with Crippen molar-refractivity contribution in [2.45, 2.75) is 38.3 Å². The number of fused-ring (bicyclic) bond motifs is 2. The number of alkyl halides is 3. The van der Waals surface area contributed by atoms with Crippen molar-refractivity contribution in [2.75, 3.05) is 0 Å². The number of halogens is 4. The van der Waals surface area contributed by atoms with Crippen LogP contribution in [0.15, 0.2) is 18.2 Å². The molecular formula is C19H15ClF3NO2S. The summed E-state index contributed by atoms with van der Waals surface area (Å²) < 4.78 is 40.3. The number of carbonyl (C=O) groups excluding carboxylic acids is 2. The number of carbonyl (C=O) groups is 2. The largest absolute Gasteiger partial charge is 0.417 e. The standard InChI is InChI=1S/C19H15ClF3NO2S/c1-8-15(14-16(25)9-2-3-10(6-9)17(14)26)24-18(27-8)12-5-4-11(20)7-13(12)19(21,22)23/h4-5,7,9-10,14H,2-3,6H2,1H3/t9-,10+,14?. The van der Waals surface area contributed by atoms with Gasteiger partial charge in [-0.25, -0.2) is 4.98 Å². The highest BCUT2D eigenvalue weighted by Crippen LogP contribution is 2.46. The number of hydrogen-bond donors (Lipinski definition) is 0. The summed E-state index contributed by atoms with van der Waals surface area (Å²) in [6.45, 7) is 1.69. The van der Waals surface area contributed by atoms with Gasteiger partial charge < -0.3 is 0 Å². The van der Waals surface area contributed by atoms with E-state index in [0.717, 1.165) is 17.4 Å². The third kappa shape index (κ3) is 3.10. The Labute approximate surface area is 162 Å². The summed E-state index contributed by atoms with van der Waals surface area (Å²) in [4.78, 5) is 30.4. The molecule has 0 aliphatic heterocycles. The molecule has 4 rings (SSSR count). The summed E-state index contributed by atoms with van der Waals surface area (Å²) in [6.07, 6.45) is -2.58. The summed E-state index contributed by atoms with van der Waals surface area (Å²) in [6, 6.07) is 3.52. The zero-order valence-electron chi connectivity index (χ0n) is 14.3. The summed E-state index contributed by atoms with van der Waals surface area (Å²) >= 11 is 6.81. The number of rotatable bonds is 2. The lowest BCUT2D eigenvalue weighted by atomic mass is 9.77. The first kappa shape index (κ1) is 18.6. The number of thiazole rings is 1. The molecule has 8 heteroatoms. The first-order valence-corrected chi connectivity index (χ1v) is 9.78. The molecule has 0 radical (unpaired) electrons. The number of Topliss-reactive ketones (excluding diaryl/α,β-unsaturated/α-hetero) is 2. The van der Waals surface area contributed by atoms with Crippen LogP contribution < -0.4 is 0 Å². The van der Waals surface area contributed by atoms with Gasteiger partial charge in [0, 0.05) is 27.3 Å². The Morgan fingerprint density at radius 2 is 1.78 bits per heavy atom. The summed E-state index contributed by atoms with van der Waals surface area (Å²) in [5, 5.41) is 0.124. The van der Waals surface area contributed by atoms with Crippen LogP contribution in [0.1, 0.15) is 41.3 Å². The predicted octanol–water partition coefficient (Wildman–Crippen LogP) is 5.44. The van der Waals surface area contributed by atoms with Gasteiger partial charge in [-0.1, -0.05) is 11.6 Å². The molecule has 1 heterocycles. The van der Waals surface area contributed by atoms with Crippen molar-refractivity contribution in [3.8, 4) is 10.6 Å². The van der Waals surface area contributed by atoms with Gasteiger partial charge in [-0.15, -0.1) is 11.3 Å². The number of ketones is 2. The smallest absolute Gasteiger partial charge is 0.298 e. The maximum absolute atomic E-state index is 13.4. The van der Waals surface area contributed by atoms with E-state index in [1.165, 1.54) is 12.1 Å². The first-order chi connectivity index (χ1) is 12.7. The fraction of sp³-hybridized carbons (Fsp3) is 0.421. The normalized spacial score (nSPS) is 25.3. The lowest BCUT2D eigenvalue weighted by Gasteiger charge is -2.24. The number of nitrogens with zero attached hydrogens (tertiary/aromatic N) is 1. The highest BCUT2D eigenvalue weighted by Gasteiger charge is 2.49. The second kappa shape index (κ2) is 6.41. The third-order valence-electron chi connectivity index (χ3n) is 5.43. The lowest BCUT2D eigenvalue weighted by Crippen LogP contribution is -2.35. The fourth-order valence-electron chi connectivity index (χ4n) is 4.11. The predicted molar refractivity (Wildman–Crippen MR) is 95.9 cm³/mol. The van der Waals surface area contributed by atoms with Gasteiger partial charge in [-0.05, 0) is 44.4 Å². The number of benzene rings is 1. The molecule has 1 aromatic carbocycles. The van der Waals surface area contributed by atoms with E-state index in [0.29, 0.717) is 29.8 Å². The SMILES string of the molecule is Cc1sc(-c2ccc(Cl)cc2C(F)(F)F)nc1C1C(=O)[C@@H]2CC[C@@H](C2)C1=O. The molecule has 142 valence electrons. The van der Waals surface area contributed by atoms with Gasteiger partial charge in [0.2, 0.25) is 0 Å². The zero-order chi connectivity index (χ0) is 19.5. The molecule has 2 bridgehead atoms. The van der Waals surface area contributed by atoms with Gasteiger partial charge in [0.1, 0.15) is 10.9 Å². The van der Waals surface area contributed by atoms with Crippen LogP contribution in [-0.4, -0.2) is 16.6 Å². The number of aromatic nitrogens is 1. The van der Waals surface area contributed by atoms with Crippen LogP contribution in [-0.2, 0) is 15.8 Å². The summed E-state index contributed by atoms with van der Waals surface area (Å²) in [5.74, 6) is -1.49. The molecule has 2 fully saturated rings. The van der Waals surface area contributed by atoms with Crippen LogP contribution in [0.5, 0.6) is 0 Å². The van der Waals surface area contributed by atoms with Crippen molar-refractivity contribution < 1.29 is 22.8 Å². The molecule has 0 amide bonds. The average molecular weight is 414 g/mol. The van der Waals surface area contributed by atoms with Crippen molar-refractivity contribution in [3.05, 3.63) is 39.4 Å². The minimum Gasteiger partial charge on any atom is -0.298 e. The minimum atomic E-state index is -4.59. The van der Waals surface area contributed by atoms with E-state index >= 15 is 0 Å². The molecule has 3 atom stereocenters. The van der Waals surface area contributed by atoms with Gasteiger partial charge in [0.05, 0.1) is 11.3 Å². The van der Waals surface area contributed by atoms with E-state index in [-0.39, 0.29) is 39.0 Å². The third-order valence-corrected chi connectivity index (χ3v) is 6.68. The maximum atomic E-state index is 13.4. The molecule has 0 spiro atoms. The lowest BCUT2D eigenvalue weighted by molar-refractivity contribution is -0.137. The Hall–Kier alpha value is -1.73. The van der Waals surface area contributed by atoms with E-state index in [2.05, 4.69) is 4.98 Å². The van der Waals surface area contributed by atoms with Crippen LogP contribution in [0.3, 0.4) is 0 Å². The monoisotopic (exact) mass is 413 g/mol. The Bertz CT molecular complexity index is 931. The van der Waals surface area contributed by atoms with Crippen LogP contribution in [0.25, 0.3) is 10.6 Å². The van der Waals surface area contributed by atoms with Crippen LogP contribution in [0, 0.1) is 18.8 Å². The molecule has 2 aromatic rings. The topological polar surface area (TPSA) is 47.0 Å². The van der Waals surface area contributed by atoms with E-state index in [1.54, 1.807) is 6.92 Å². The molecule has 2 saturated carbocycles. The molecule has 2 aliphatic rings. The zero-order valence-corrected chi connectivity index (χ0v) is 15.8. The van der Waals surface area contributed by atoms with Crippen molar-refractivity contribution in [3.63, 3.8) is 0 Å². The maximum Gasteiger partial charge on any atom is 0.417 e. The quantitative estimate of drug-likeness (QED) is 0.616. The summed E-state index contributed by atoms with van der Waals surface area (Å²) in [5.41, 5.74) is -0.661. The van der Waals surface area contributed by atoms with Crippen molar-refractivity contribution in [1.82, 2.24) is 4.98 Å². The van der Waals surface area contributed by atoms with Gasteiger partial charge in [-0.2, -0.15) is 13.2 Å². The Kier molecular flexibility index (Phi) is 4.42. The second-order valence-electron chi connectivity index (χ2n) is 7.09.